The topological polar surface area (TPSA) is 83.0 Å². The number of aromatic nitrogens is 4. The molecule has 0 aliphatic heterocycles. The number of hydrogen-bond acceptors (Lipinski definition) is 6. The molecule has 3 aromatic rings. The van der Waals surface area contributed by atoms with Crippen LogP contribution in [0.1, 0.15) is 43.1 Å². The number of benzene rings is 1. The van der Waals surface area contributed by atoms with E-state index < -0.39 is 0 Å². The van der Waals surface area contributed by atoms with Crippen molar-refractivity contribution in [3.63, 3.8) is 0 Å². The van der Waals surface area contributed by atoms with Crippen LogP contribution >= 0.6 is 15.9 Å². The van der Waals surface area contributed by atoms with Gasteiger partial charge in [-0.1, -0.05) is 47.1 Å². The number of carbonyl (C=O) groups excluding carboxylic acids is 1. The molecule has 0 N–H and O–H groups in total. The van der Waals surface area contributed by atoms with E-state index in [0.29, 0.717) is 18.2 Å². The lowest BCUT2D eigenvalue weighted by atomic mass is 10.1. The first kappa shape index (κ1) is 21.2. The number of aryl methyl sites for hydroxylation is 1. The number of esters is 1. The second-order valence-electron chi connectivity index (χ2n) is 7.41. The largest absolute Gasteiger partial charge is 0.456 e. The second-order valence-corrected chi connectivity index (χ2v) is 8.32. The highest BCUT2D eigenvalue weighted by Crippen LogP contribution is 2.21. The van der Waals surface area contributed by atoms with Crippen LogP contribution in [0.3, 0.4) is 0 Å². The van der Waals surface area contributed by atoms with Crippen LogP contribution in [-0.2, 0) is 29.1 Å². The Morgan fingerprint density at radius 2 is 2.10 bits per heavy atom. The third-order valence-corrected chi connectivity index (χ3v) is 5.05. The Hall–Kier alpha value is -2.48. The van der Waals surface area contributed by atoms with Crippen LogP contribution in [-0.4, -0.2) is 25.9 Å². The van der Waals surface area contributed by atoms with Gasteiger partial charge in [0.25, 0.3) is 5.89 Å². The predicted octanol–water partition coefficient (Wildman–Crippen LogP) is 4.64. The number of halogens is 1. The van der Waals surface area contributed by atoms with Crippen molar-refractivity contribution in [3.05, 3.63) is 51.6 Å². The van der Waals surface area contributed by atoms with E-state index in [1.807, 2.05) is 42.8 Å². The van der Waals surface area contributed by atoms with Crippen LogP contribution in [0.15, 0.2) is 33.3 Å². The molecule has 0 fully saturated rings. The molecule has 7 nitrogen and oxygen atoms in total. The van der Waals surface area contributed by atoms with Crippen molar-refractivity contribution in [2.45, 2.75) is 53.7 Å². The van der Waals surface area contributed by atoms with Crippen molar-refractivity contribution < 1.29 is 14.1 Å². The fourth-order valence-electron chi connectivity index (χ4n) is 3.12. The molecule has 1 aromatic carbocycles. The molecule has 0 bridgehead atoms. The zero-order chi connectivity index (χ0) is 21.0. The lowest BCUT2D eigenvalue weighted by Gasteiger charge is -2.08. The first-order chi connectivity index (χ1) is 13.8. The minimum Gasteiger partial charge on any atom is -0.456 e. The lowest BCUT2D eigenvalue weighted by Crippen LogP contribution is -2.09. The minimum atomic E-state index is -0.303. The van der Waals surface area contributed by atoms with Crippen LogP contribution in [0, 0.1) is 19.8 Å². The number of rotatable bonds is 8. The van der Waals surface area contributed by atoms with E-state index in [4.69, 9.17) is 9.26 Å². The van der Waals surface area contributed by atoms with E-state index in [1.54, 1.807) is 0 Å². The van der Waals surface area contributed by atoms with Gasteiger partial charge in [-0.05, 0) is 43.9 Å². The molecule has 0 radical (unpaired) electrons. The molecule has 0 unspecified atom stereocenters. The summed E-state index contributed by atoms with van der Waals surface area (Å²) < 4.78 is 13.4. The maximum absolute atomic E-state index is 12.2. The van der Waals surface area contributed by atoms with Crippen molar-refractivity contribution in [1.29, 1.82) is 0 Å². The van der Waals surface area contributed by atoms with Gasteiger partial charge in [0.2, 0.25) is 5.82 Å². The van der Waals surface area contributed by atoms with Gasteiger partial charge in [-0.25, -0.2) is 0 Å². The van der Waals surface area contributed by atoms with E-state index in [1.165, 1.54) is 0 Å². The maximum Gasteiger partial charge on any atom is 0.306 e. The van der Waals surface area contributed by atoms with E-state index >= 15 is 0 Å². The van der Waals surface area contributed by atoms with Gasteiger partial charge in [0, 0.05) is 28.7 Å². The lowest BCUT2D eigenvalue weighted by molar-refractivity contribution is -0.145. The number of hydrogen-bond donors (Lipinski definition) is 0. The van der Waals surface area contributed by atoms with E-state index in [0.717, 1.165) is 33.5 Å². The summed E-state index contributed by atoms with van der Waals surface area (Å²) in [6.45, 7) is 9.18. The Labute approximate surface area is 178 Å². The smallest absolute Gasteiger partial charge is 0.306 e. The molecule has 3 rings (SSSR count). The van der Waals surface area contributed by atoms with Gasteiger partial charge in [-0.3, -0.25) is 9.48 Å². The summed E-state index contributed by atoms with van der Waals surface area (Å²) in [5.41, 5.74) is 4.01. The molecule has 0 saturated carbocycles. The number of carbonyl (C=O) groups is 1. The molecule has 0 spiro atoms. The zero-order valence-corrected chi connectivity index (χ0v) is 18.7. The molecule has 154 valence electrons. The summed E-state index contributed by atoms with van der Waals surface area (Å²) in [5, 5.41) is 8.53. The molecule has 0 saturated heterocycles. The van der Waals surface area contributed by atoms with Crippen molar-refractivity contribution in [3.8, 4) is 11.4 Å². The quantitative estimate of drug-likeness (QED) is 0.455. The van der Waals surface area contributed by atoms with Crippen molar-refractivity contribution in [1.82, 2.24) is 19.9 Å². The molecule has 2 heterocycles. The van der Waals surface area contributed by atoms with Gasteiger partial charge in [0.05, 0.1) is 5.69 Å². The average molecular weight is 461 g/mol. The van der Waals surface area contributed by atoms with Gasteiger partial charge in [0.1, 0.15) is 0 Å². The maximum atomic E-state index is 12.2. The molecule has 0 atom stereocenters. The predicted molar refractivity (Wildman–Crippen MR) is 112 cm³/mol. The van der Waals surface area contributed by atoms with Crippen LogP contribution in [0.5, 0.6) is 0 Å². The van der Waals surface area contributed by atoms with Crippen molar-refractivity contribution in [2.75, 3.05) is 0 Å². The number of nitrogens with zero attached hydrogens (tertiary/aromatic N) is 4. The van der Waals surface area contributed by atoms with E-state index in [9.17, 15) is 4.79 Å². The fraction of sp³-hybridized carbons (Fsp3) is 0.429. The first-order valence-electron chi connectivity index (χ1n) is 9.60. The Balaban J connectivity index is 1.53. The van der Waals surface area contributed by atoms with Crippen LogP contribution in [0.4, 0.5) is 0 Å². The Morgan fingerprint density at radius 1 is 1.31 bits per heavy atom. The Morgan fingerprint density at radius 3 is 2.83 bits per heavy atom. The van der Waals surface area contributed by atoms with E-state index in [-0.39, 0.29) is 24.9 Å². The monoisotopic (exact) mass is 460 g/mol. The van der Waals surface area contributed by atoms with Gasteiger partial charge in [-0.2, -0.15) is 10.1 Å². The standard InChI is InChI=1S/C21H25BrN4O3/c1-13(2)11-26-15(4)18(14(3)24-26)8-9-20(27)28-12-19-23-21(25-29-19)16-6-5-7-17(22)10-16/h5-7,10,13H,8-9,11-12H2,1-4H3. The third-order valence-electron chi connectivity index (χ3n) is 4.56. The van der Waals surface area contributed by atoms with Crippen LogP contribution in [0.2, 0.25) is 0 Å². The Bertz CT molecular complexity index is 994. The minimum absolute atomic E-state index is 0.0373. The van der Waals surface area contributed by atoms with Crippen LogP contribution in [0.25, 0.3) is 11.4 Å². The molecule has 0 aliphatic carbocycles. The van der Waals surface area contributed by atoms with Gasteiger partial charge in [0.15, 0.2) is 6.61 Å². The highest BCUT2D eigenvalue weighted by Gasteiger charge is 2.15. The van der Waals surface area contributed by atoms with Crippen molar-refractivity contribution >= 4 is 21.9 Å². The first-order valence-corrected chi connectivity index (χ1v) is 10.4. The SMILES string of the molecule is Cc1nn(CC(C)C)c(C)c1CCC(=O)OCc1nc(-c2cccc(Br)c2)no1. The van der Waals surface area contributed by atoms with Crippen LogP contribution < -0.4 is 0 Å². The summed E-state index contributed by atoms with van der Waals surface area (Å²) in [4.78, 5) is 16.5. The molecule has 2 aromatic heterocycles. The summed E-state index contributed by atoms with van der Waals surface area (Å²) in [5.74, 6) is 0.941. The van der Waals surface area contributed by atoms with E-state index in [2.05, 4.69) is 45.0 Å². The van der Waals surface area contributed by atoms with Crippen molar-refractivity contribution in [2.24, 2.45) is 5.92 Å². The highest BCUT2D eigenvalue weighted by molar-refractivity contribution is 9.10. The summed E-state index contributed by atoms with van der Waals surface area (Å²) in [6, 6.07) is 7.59. The average Bonchev–Trinajstić information content (AvgIpc) is 3.23. The third kappa shape index (κ3) is 5.53. The molecule has 0 amide bonds. The molecule has 0 aliphatic rings. The normalized spacial score (nSPS) is 11.2. The molecule has 8 heteroatoms. The molecular formula is C21H25BrN4O3. The summed E-state index contributed by atoms with van der Waals surface area (Å²) in [6.07, 6.45) is 0.878. The molecular weight excluding hydrogens is 436 g/mol. The Kier molecular flexibility index (Phi) is 6.84. The summed E-state index contributed by atoms with van der Waals surface area (Å²) in [7, 11) is 0. The van der Waals surface area contributed by atoms with Gasteiger partial charge < -0.3 is 9.26 Å². The second kappa shape index (κ2) is 9.35. The molecule has 29 heavy (non-hydrogen) atoms. The van der Waals surface area contributed by atoms with Gasteiger partial charge in [-0.15, -0.1) is 0 Å². The zero-order valence-electron chi connectivity index (χ0n) is 17.1. The van der Waals surface area contributed by atoms with Gasteiger partial charge >= 0.3 is 5.97 Å². The highest BCUT2D eigenvalue weighted by atomic mass is 79.9. The number of ether oxygens (including phenoxy) is 1. The summed E-state index contributed by atoms with van der Waals surface area (Å²) >= 11 is 3.41. The fourth-order valence-corrected chi connectivity index (χ4v) is 3.52.